The first-order valence-corrected chi connectivity index (χ1v) is 4.76. The Bertz CT molecular complexity index is 639. The highest BCUT2D eigenvalue weighted by atomic mass is 16.2. The zero-order chi connectivity index (χ0) is 11.1. The van der Waals surface area contributed by atoms with E-state index in [4.69, 9.17) is 0 Å². The van der Waals surface area contributed by atoms with Gasteiger partial charge in [0.1, 0.15) is 5.71 Å². The van der Waals surface area contributed by atoms with Crippen LogP contribution in [0, 0.1) is 0 Å². The highest BCUT2D eigenvalue weighted by Gasteiger charge is 2.26. The first kappa shape index (κ1) is 8.84. The lowest BCUT2D eigenvalue weighted by molar-refractivity contribution is -0.113. The second-order valence-corrected chi connectivity index (χ2v) is 3.47. The summed E-state index contributed by atoms with van der Waals surface area (Å²) in [5.41, 5.74) is 1.73. The van der Waals surface area contributed by atoms with Crippen molar-refractivity contribution >= 4 is 28.6 Å². The van der Waals surface area contributed by atoms with Crippen molar-refractivity contribution in [2.45, 2.75) is 0 Å². The lowest BCUT2D eigenvalue weighted by Gasteiger charge is -1.94. The summed E-state index contributed by atoms with van der Waals surface area (Å²) in [4.78, 5) is 29.1. The van der Waals surface area contributed by atoms with Crippen molar-refractivity contribution in [3.63, 3.8) is 0 Å². The monoisotopic (exact) mass is 213 g/mol. The van der Waals surface area contributed by atoms with Crippen molar-refractivity contribution in [2.75, 3.05) is 0 Å². The van der Waals surface area contributed by atoms with Crippen molar-refractivity contribution in [1.82, 2.24) is 10.3 Å². The van der Waals surface area contributed by atoms with Crippen LogP contribution < -0.4 is 5.32 Å². The quantitative estimate of drug-likeness (QED) is 0.747. The van der Waals surface area contributed by atoms with Gasteiger partial charge in [0.05, 0.1) is 0 Å². The molecule has 2 heterocycles. The summed E-state index contributed by atoms with van der Waals surface area (Å²) in [6.07, 6.45) is 1.68. The highest BCUT2D eigenvalue weighted by molar-refractivity contribution is 6.53. The van der Waals surface area contributed by atoms with Crippen molar-refractivity contribution in [2.24, 2.45) is 4.99 Å². The number of H-pyrrole nitrogens is 1. The van der Waals surface area contributed by atoms with E-state index in [1.165, 1.54) is 0 Å². The molecular weight excluding hydrogens is 206 g/mol. The number of nitrogens with one attached hydrogen (secondary N) is 2. The molecule has 1 aliphatic heterocycles. The van der Waals surface area contributed by atoms with Gasteiger partial charge in [-0.1, -0.05) is 18.2 Å². The number of hydrogen-bond acceptors (Lipinski definition) is 2. The van der Waals surface area contributed by atoms with E-state index in [-0.39, 0.29) is 5.71 Å². The standard InChI is InChI=1S/C11H7N3O2/c15-10-9(13-11(16)14-10)7-5-12-8-4-2-1-3-6(7)8/h1-5,12H,(H,14,15,16). The number of para-hydroxylation sites is 1. The van der Waals surface area contributed by atoms with Gasteiger partial charge < -0.3 is 4.98 Å². The molecule has 78 valence electrons. The van der Waals surface area contributed by atoms with E-state index in [1.54, 1.807) is 6.20 Å². The molecule has 2 aromatic rings. The number of amides is 3. The van der Waals surface area contributed by atoms with Gasteiger partial charge in [0.15, 0.2) is 0 Å². The van der Waals surface area contributed by atoms with Gasteiger partial charge in [0.2, 0.25) is 0 Å². The molecule has 5 heteroatoms. The van der Waals surface area contributed by atoms with Crippen LogP contribution in [0.5, 0.6) is 0 Å². The molecule has 3 rings (SSSR count). The van der Waals surface area contributed by atoms with Gasteiger partial charge in [-0.2, -0.15) is 4.99 Å². The Morgan fingerprint density at radius 3 is 2.69 bits per heavy atom. The molecule has 1 aromatic heterocycles. The van der Waals surface area contributed by atoms with Gasteiger partial charge in [-0.25, -0.2) is 4.79 Å². The van der Waals surface area contributed by atoms with E-state index in [2.05, 4.69) is 15.3 Å². The number of aromatic amines is 1. The fourth-order valence-electron chi connectivity index (χ4n) is 1.79. The molecule has 16 heavy (non-hydrogen) atoms. The molecule has 0 saturated carbocycles. The summed E-state index contributed by atoms with van der Waals surface area (Å²) in [6, 6.07) is 6.93. The van der Waals surface area contributed by atoms with Gasteiger partial charge in [0, 0.05) is 22.7 Å². The molecule has 0 unspecified atom stereocenters. The van der Waals surface area contributed by atoms with E-state index >= 15 is 0 Å². The SMILES string of the molecule is O=C1N=C(c2c[nH]c3ccccc23)C(=O)N1. The Labute approximate surface area is 90.2 Å². The maximum atomic E-state index is 11.5. The molecule has 1 aromatic carbocycles. The van der Waals surface area contributed by atoms with Crippen molar-refractivity contribution in [3.05, 3.63) is 36.0 Å². The van der Waals surface area contributed by atoms with Gasteiger partial charge >= 0.3 is 6.03 Å². The summed E-state index contributed by atoms with van der Waals surface area (Å²) in [7, 11) is 0. The Balaban J connectivity index is 2.24. The molecule has 0 spiro atoms. The van der Waals surface area contributed by atoms with Crippen LogP contribution in [-0.4, -0.2) is 22.6 Å². The summed E-state index contributed by atoms with van der Waals surface area (Å²) in [5, 5.41) is 3.01. The highest BCUT2D eigenvalue weighted by Crippen LogP contribution is 2.19. The van der Waals surface area contributed by atoms with Crippen LogP contribution in [0.4, 0.5) is 4.79 Å². The minimum absolute atomic E-state index is 0.169. The average Bonchev–Trinajstić information content (AvgIpc) is 2.81. The Morgan fingerprint density at radius 2 is 1.94 bits per heavy atom. The second-order valence-electron chi connectivity index (χ2n) is 3.47. The number of aromatic nitrogens is 1. The van der Waals surface area contributed by atoms with Crippen LogP contribution >= 0.6 is 0 Å². The largest absolute Gasteiger partial charge is 0.360 e. The van der Waals surface area contributed by atoms with E-state index in [0.717, 1.165) is 10.9 Å². The first-order chi connectivity index (χ1) is 7.75. The number of aliphatic imine (C=N–C) groups is 1. The minimum atomic E-state index is -0.606. The zero-order valence-corrected chi connectivity index (χ0v) is 8.15. The molecular formula is C11H7N3O2. The topological polar surface area (TPSA) is 74.3 Å². The number of carbonyl (C=O) groups excluding carboxylic acids is 2. The lowest BCUT2D eigenvalue weighted by atomic mass is 10.1. The third-order valence-electron chi connectivity index (χ3n) is 2.49. The lowest BCUT2D eigenvalue weighted by Crippen LogP contribution is -2.25. The number of carbonyl (C=O) groups is 2. The number of nitrogens with zero attached hydrogens (tertiary/aromatic N) is 1. The van der Waals surface area contributed by atoms with Crippen molar-refractivity contribution < 1.29 is 9.59 Å². The molecule has 0 atom stereocenters. The van der Waals surface area contributed by atoms with Crippen LogP contribution in [0.25, 0.3) is 10.9 Å². The zero-order valence-electron chi connectivity index (χ0n) is 8.15. The molecule has 2 N–H and O–H groups in total. The molecule has 0 saturated heterocycles. The number of rotatable bonds is 1. The molecule has 1 aliphatic rings. The van der Waals surface area contributed by atoms with Gasteiger partial charge in [0.25, 0.3) is 5.91 Å². The molecule has 3 amide bonds. The maximum absolute atomic E-state index is 11.5. The van der Waals surface area contributed by atoms with E-state index in [9.17, 15) is 9.59 Å². The third-order valence-corrected chi connectivity index (χ3v) is 2.49. The minimum Gasteiger partial charge on any atom is -0.360 e. The van der Waals surface area contributed by atoms with Crippen molar-refractivity contribution in [1.29, 1.82) is 0 Å². The second kappa shape index (κ2) is 3.03. The summed E-state index contributed by atoms with van der Waals surface area (Å²) < 4.78 is 0. The Morgan fingerprint density at radius 1 is 1.12 bits per heavy atom. The normalized spacial score (nSPS) is 15.4. The summed E-state index contributed by atoms with van der Waals surface area (Å²) >= 11 is 0. The van der Waals surface area contributed by atoms with Gasteiger partial charge in [-0.15, -0.1) is 0 Å². The number of benzene rings is 1. The number of fused-ring (bicyclic) bond motifs is 1. The average molecular weight is 213 g/mol. The van der Waals surface area contributed by atoms with Gasteiger partial charge in [-0.05, 0) is 6.07 Å². The van der Waals surface area contributed by atoms with Crippen LogP contribution in [0.2, 0.25) is 0 Å². The first-order valence-electron chi connectivity index (χ1n) is 4.76. The predicted octanol–water partition coefficient (Wildman–Crippen LogP) is 1.21. The summed E-state index contributed by atoms with van der Waals surface area (Å²) in [6.45, 7) is 0. The van der Waals surface area contributed by atoms with E-state index in [1.807, 2.05) is 24.3 Å². The summed E-state index contributed by atoms with van der Waals surface area (Å²) in [5.74, 6) is -0.449. The van der Waals surface area contributed by atoms with E-state index in [0.29, 0.717) is 5.56 Å². The molecule has 0 fully saturated rings. The number of hydrogen-bond donors (Lipinski definition) is 2. The Hall–Kier alpha value is -2.43. The third kappa shape index (κ3) is 1.15. The molecule has 5 nitrogen and oxygen atoms in total. The van der Waals surface area contributed by atoms with Crippen LogP contribution in [0.3, 0.4) is 0 Å². The number of imide groups is 1. The molecule has 0 aliphatic carbocycles. The molecule has 0 radical (unpaired) electrons. The van der Waals surface area contributed by atoms with E-state index < -0.39 is 11.9 Å². The van der Waals surface area contributed by atoms with Crippen LogP contribution in [-0.2, 0) is 4.79 Å². The molecule has 0 bridgehead atoms. The maximum Gasteiger partial charge on any atom is 0.348 e. The fraction of sp³-hybridized carbons (Fsp3) is 0. The Kier molecular flexibility index (Phi) is 1.67. The predicted molar refractivity (Wildman–Crippen MR) is 58.4 cm³/mol. The number of urea groups is 1. The smallest absolute Gasteiger partial charge is 0.348 e. The van der Waals surface area contributed by atoms with Crippen LogP contribution in [0.1, 0.15) is 5.56 Å². The van der Waals surface area contributed by atoms with Crippen LogP contribution in [0.15, 0.2) is 35.5 Å². The van der Waals surface area contributed by atoms with Crippen molar-refractivity contribution in [3.8, 4) is 0 Å². The van der Waals surface area contributed by atoms with Gasteiger partial charge in [-0.3, -0.25) is 10.1 Å². The fourth-order valence-corrected chi connectivity index (χ4v) is 1.79.